The van der Waals surface area contributed by atoms with Crippen LogP contribution in [0.2, 0.25) is 0 Å². The van der Waals surface area contributed by atoms with Gasteiger partial charge in [-0.25, -0.2) is 0 Å². The SMILES string of the molecule is C1=CC2CN(CCC3CCNCC3)CC3CNC(=C1)N23. The molecule has 4 heteroatoms. The summed E-state index contributed by atoms with van der Waals surface area (Å²) in [6, 6.07) is 1.27. The van der Waals surface area contributed by atoms with E-state index in [9.17, 15) is 0 Å². The lowest BCUT2D eigenvalue weighted by Crippen LogP contribution is -2.56. The number of allylic oxidation sites excluding steroid dienone is 2. The summed E-state index contributed by atoms with van der Waals surface area (Å²) in [5.41, 5.74) is 0. The van der Waals surface area contributed by atoms with Gasteiger partial charge in [0.1, 0.15) is 5.82 Å². The van der Waals surface area contributed by atoms with Crippen molar-refractivity contribution in [2.24, 2.45) is 5.92 Å². The highest BCUT2D eigenvalue weighted by Crippen LogP contribution is 2.28. The largest absolute Gasteiger partial charge is 0.370 e. The summed E-state index contributed by atoms with van der Waals surface area (Å²) in [5, 5.41) is 7.02. The summed E-state index contributed by atoms with van der Waals surface area (Å²) in [6.45, 7) is 7.30. The van der Waals surface area contributed by atoms with E-state index in [1.165, 1.54) is 57.8 Å². The van der Waals surface area contributed by atoms with Crippen molar-refractivity contribution in [3.05, 3.63) is 24.0 Å². The van der Waals surface area contributed by atoms with Crippen LogP contribution in [0.15, 0.2) is 24.0 Å². The van der Waals surface area contributed by atoms with E-state index in [0.29, 0.717) is 12.1 Å². The molecule has 2 atom stereocenters. The van der Waals surface area contributed by atoms with Crippen molar-refractivity contribution in [2.45, 2.75) is 31.3 Å². The first-order chi connectivity index (χ1) is 9.90. The number of piperidine rings is 1. The molecule has 0 saturated carbocycles. The van der Waals surface area contributed by atoms with E-state index in [1.807, 2.05) is 0 Å². The smallest absolute Gasteiger partial charge is 0.102 e. The van der Waals surface area contributed by atoms with Gasteiger partial charge in [0.15, 0.2) is 0 Å². The van der Waals surface area contributed by atoms with E-state index in [2.05, 4.69) is 38.7 Å². The fourth-order valence-electron chi connectivity index (χ4n) is 4.23. The van der Waals surface area contributed by atoms with Gasteiger partial charge in [-0.2, -0.15) is 0 Å². The van der Waals surface area contributed by atoms with E-state index >= 15 is 0 Å². The average Bonchev–Trinajstić information content (AvgIpc) is 2.91. The van der Waals surface area contributed by atoms with Gasteiger partial charge in [0.05, 0.1) is 12.1 Å². The molecule has 4 heterocycles. The molecule has 4 nitrogen and oxygen atoms in total. The summed E-state index contributed by atoms with van der Waals surface area (Å²) in [4.78, 5) is 5.30. The van der Waals surface area contributed by atoms with Crippen LogP contribution in [0.4, 0.5) is 0 Å². The molecule has 0 aromatic carbocycles. The lowest BCUT2D eigenvalue weighted by Gasteiger charge is -2.44. The first kappa shape index (κ1) is 12.7. The number of nitrogens with one attached hydrogen (secondary N) is 2. The molecule has 4 aliphatic rings. The van der Waals surface area contributed by atoms with E-state index in [0.717, 1.165) is 12.5 Å². The Hall–Kier alpha value is -1.00. The van der Waals surface area contributed by atoms with Crippen molar-refractivity contribution in [2.75, 3.05) is 39.3 Å². The Kier molecular flexibility index (Phi) is 3.44. The van der Waals surface area contributed by atoms with E-state index in [-0.39, 0.29) is 0 Å². The van der Waals surface area contributed by atoms with Gasteiger partial charge in [0, 0.05) is 19.6 Å². The highest BCUT2D eigenvalue weighted by atomic mass is 15.4. The monoisotopic (exact) mass is 274 g/mol. The van der Waals surface area contributed by atoms with Gasteiger partial charge in [-0.15, -0.1) is 0 Å². The third-order valence-corrected chi connectivity index (χ3v) is 5.36. The molecule has 20 heavy (non-hydrogen) atoms. The molecule has 0 bridgehead atoms. The Morgan fingerprint density at radius 2 is 2.10 bits per heavy atom. The Morgan fingerprint density at radius 3 is 3.00 bits per heavy atom. The molecule has 0 aromatic heterocycles. The van der Waals surface area contributed by atoms with Crippen molar-refractivity contribution in [1.82, 2.24) is 20.4 Å². The van der Waals surface area contributed by atoms with Crippen LogP contribution in [0.5, 0.6) is 0 Å². The first-order valence-corrected chi connectivity index (χ1v) is 8.24. The molecule has 4 aliphatic heterocycles. The predicted octanol–water partition coefficient (Wildman–Crippen LogP) is 0.745. The molecule has 4 rings (SSSR count). The average molecular weight is 274 g/mol. The van der Waals surface area contributed by atoms with Gasteiger partial charge in [0.2, 0.25) is 0 Å². The molecule has 0 amide bonds. The fraction of sp³-hybridized carbons (Fsp3) is 0.750. The van der Waals surface area contributed by atoms with Gasteiger partial charge in [-0.05, 0) is 50.9 Å². The van der Waals surface area contributed by atoms with Crippen molar-refractivity contribution in [3.8, 4) is 0 Å². The molecule has 0 aliphatic carbocycles. The second-order valence-electron chi connectivity index (χ2n) is 6.69. The van der Waals surface area contributed by atoms with Crippen LogP contribution >= 0.6 is 0 Å². The lowest BCUT2D eigenvalue weighted by molar-refractivity contribution is 0.0860. The molecule has 2 N–H and O–H groups in total. The Bertz CT molecular complexity index is 411. The quantitative estimate of drug-likeness (QED) is 0.795. The lowest BCUT2D eigenvalue weighted by atomic mass is 9.94. The summed E-state index contributed by atoms with van der Waals surface area (Å²) in [5.74, 6) is 2.30. The van der Waals surface area contributed by atoms with Crippen molar-refractivity contribution >= 4 is 0 Å². The molecule has 110 valence electrons. The third-order valence-electron chi connectivity index (χ3n) is 5.36. The first-order valence-electron chi connectivity index (χ1n) is 8.24. The minimum Gasteiger partial charge on any atom is -0.370 e. The Balaban J connectivity index is 1.34. The number of piperazine rings is 1. The van der Waals surface area contributed by atoms with E-state index in [4.69, 9.17) is 0 Å². The van der Waals surface area contributed by atoms with Crippen LogP contribution in [0.25, 0.3) is 0 Å². The van der Waals surface area contributed by atoms with Gasteiger partial charge < -0.3 is 15.5 Å². The molecule has 0 spiro atoms. The summed E-state index contributed by atoms with van der Waals surface area (Å²) in [7, 11) is 0. The van der Waals surface area contributed by atoms with E-state index < -0.39 is 0 Å². The molecule has 3 fully saturated rings. The molecule has 0 aromatic rings. The second-order valence-corrected chi connectivity index (χ2v) is 6.69. The second kappa shape index (κ2) is 5.41. The summed E-state index contributed by atoms with van der Waals surface area (Å²) < 4.78 is 0. The normalized spacial score (nSPS) is 33.8. The zero-order valence-electron chi connectivity index (χ0n) is 12.2. The number of rotatable bonds is 3. The van der Waals surface area contributed by atoms with Crippen LogP contribution in [-0.2, 0) is 0 Å². The molecule has 3 saturated heterocycles. The van der Waals surface area contributed by atoms with Gasteiger partial charge >= 0.3 is 0 Å². The fourth-order valence-corrected chi connectivity index (χ4v) is 4.23. The van der Waals surface area contributed by atoms with Crippen molar-refractivity contribution in [1.29, 1.82) is 0 Å². The maximum Gasteiger partial charge on any atom is 0.102 e. The van der Waals surface area contributed by atoms with Crippen LogP contribution in [-0.4, -0.2) is 61.2 Å². The van der Waals surface area contributed by atoms with Gasteiger partial charge in [0.25, 0.3) is 0 Å². The van der Waals surface area contributed by atoms with Crippen molar-refractivity contribution < 1.29 is 0 Å². The predicted molar refractivity (Wildman–Crippen MR) is 81.3 cm³/mol. The minimum absolute atomic E-state index is 0.594. The van der Waals surface area contributed by atoms with E-state index in [1.54, 1.807) is 0 Å². The number of hydrogen-bond acceptors (Lipinski definition) is 4. The topological polar surface area (TPSA) is 30.5 Å². The number of nitrogens with zero attached hydrogens (tertiary/aromatic N) is 2. The molecule has 0 radical (unpaired) electrons. The van der Waals surface area contributed by atoms with Gasteiger partial charge in [-0.1, -0.05) is 12.2 Å². The highest BCUT2D eigenvalue weighted by molar-refractivity contribution is 5.25. The highest BCUT2D eigenvalue weighted by Gasteiger charge is 2.39. The maximum absolute atomic E-state index is 3.56. The maximum atomic E-state index is 3.56. The van der Waals surface area contributed by atoms with Crippen LogP contribution in [0.1, 0.15) is 19.3 Å². The Labute approximate surface area is 121 Å². The molecular formula is C16H26N4. The molecular weight excluding hydrogens is 248 g/mol. The van der Waals surface area contributed by atoms with Crippen LogP contribution in [0, 0.1) is 5.92 Å². The minimum atomic E-state index is 0.594. The zero-order chi connectivity index (χ0) is 13.4. The zero-order valence-corrected chi connectivity index (χ0v) is 12.2. The summed E-state index contributed by atoms with van der Waals surface area (Å²) in [6.07, 6.45) is 11.0. The number of hydrogen-bond donors (Lipinski definition) is 2. The standard InChI is InChI=1S/C16H26N4/c1-2-14-11-19(9-6-13-4-7-17-8-5-13)12-15-10-18-16(3-1)20(14)15/h1-3,13-15,17-18H,4-12H2. The van der Waals surface area contributed by atoms with Crippen LogP contribution < -0.4 is 10.6 Å². The van der Waals surface area contributed by atoms with Gasteiger partial charge in [-0.3, -0.25) is 4.90 Å². The third kappa shape index (κ3) is 2.35. The van der Waals surface area contributed by atoms with Crippen LogP contribution in [0.3, 0.4) is 0 Å². The molecule has 2 unspecified atom stereocenters. The van der Waals surface area contributed by atoms with Crippen molar-refractivity contribution in [3.63, 3.8) is 0 Å². The Morgan fingerprint density at radius 1 is 1.20 bits per heavy atom. The summed E-state index contributed by atoms with van der Waals surface area (Å²) >= 11 is 0.